The molecule has 188 valence electrons. The van der Waals surface area contributed by atoms with Crippen LogP contribution < -0.4 is 5.32 Å². The zero-order valence-corrected chi connectivity index (χ0v) is 20.0. The minimum atomic E-state index is -2.55. The van der Waals surface area contributed by atoms with Gasteiger partial charge in [0.1, 0.15) is 6.04 Å². The number of amides is 1. The van der Waals surface area contributed by atoms with Crippen LogP contribution in [0, 0.1) is 5.41 Å². The Balaban J connectivity index is 1.71. The van der Waals surface area contributed by atoms with E-state index in [1.165, 1.54) is 11.8 Å². The third-order valence-corrected chi connectivity index (χ3v) is 7.18. The second-order valence-electron chi connectivity index (χ2n) is 10.8. The number of rotatable bonds is 10. The van der Waals surface area contributed by atoms with E-state index in [1.807, 2.05) is 30.3 Å². The number of aliphatic carboxylic acids is 2. The van der Waals surface area contributed by atoms with E-state index < -0.39 is 48.2 Å². The summed E-state index contributed by atoms with van der Waals surface area (Å²) in [5, 5.41) is 43.3. The number of benzene rings is 1. The number of carbonyl (C=O) groups excluding carboxylic acids is 1. The fourth-order valence-electron chi connectivity index (χ4n) is 6.07. The van der Waals surface area contributed by atoms with Gasteiger partial charge in [0.25, 0.3) is 0 Å². The summed E-state index contributed by atoms with van der Waals surface area (Å²) in [6.45, 7) is 5.93. The van der Waals surface area contributed by atoms with Crippen LogP contribution in [0.5, 0.6) is 0 Å². The average Bonchev–Trinajstić information content (AvgIpc) is 3.22. The molecule has 34 heavy (non-hydrogen) atoms. The van der Waals surface area contributed by atoms with Crippen LogP contribution in [0.2, 0.25) is 0 Å². The molecular weight excluding hydrogens is 440 g/mol. The highest BCUT2D eigenvalue weighted by Gasteiger charge is 2.52. The highest BCUT2D eigenvalue weighted by molar-refractivity contribution is 5.88. The van der Waals surface area contributed by atoms with Gasteiger partial charge in [-0.1, -0.05) is 44.2 Å². The maximum absolute atomic E-state index is 12.8. The van der Waals surface area contributed by atoms with Gasteiger partial charge in [-0.05, 0) is 55.4 Å². The monoisotopic (exact) mass is 476 g/mol. The summed E-state index contributed by atoms with van der Waals surface area (Å²) < 4.78 is 0. The topological polar surface area (TPSA) is 147 Å². The van der Waals surface area contributed by atoms with Crippen molar-refractivity contribution >= 4 is 17.8 Å². The van der Waals surface area contributed by atoms with Crippen molar-refractivity contribution in [3.8, 4) is 0 Å². The molecule has 2 fully saturated rings. The zero-order chi connectivity index (χ0) is 25.3. The second kappa shape index (κ2) is 9.64. The summed E-state index contributed by atoms with van der Waals surface area (Å²) in [4.78, 5) is 37.4. The van der Waals surface area contributed by atoms with Crippen LogP contribution in [-0.2, 0) is 19.8 Å². The number of hydrogen-bond acceptors (Lipinski definition) is 6. The number of carboxylic acid groups (broad SMARTS) is 2. The molecule has 1 saturated heterocycles. The molecule has 3 rings (SSSR count). The predicted octanol–water partition coefficient (Wildman–Crippen LogP) is 1.71. The SMILES string of the molecule is C[C@H](NC(O)(CC(O)CC1(c2ccccc2)CC(C)(C)C1)C(=O)O)C(=O)N1CCC[C@H]1C(=O)O. The molecule has 1 heterocycles. The van der Waals surface area contributed by atoms with E-state index in [9.17, 15) is 34.8 Å². The number of likely N-dealkylation sites (tertiary alicyclic amines) is 1. The Morgan fingerprint density at radius 1 is 1.18 bits per heavy atom. The van der Waals surface area contributed by atoms with E-state index in [4.69, 9.17) is 0 Å². The van der Waals surface area contributed by atoms with Gasteiger partial charge in [-0.3, -0.25) is 10.1 Å². The summed E-state index contributed by atoms with van der Waals surface area (Å²) in [6, 6.07) is 7.66. The van der Waals surface area contributed by atoms with Gasteiger partial charge in [0.2, 0.25) is 11.6 Å². The van der Waals surface area contributed by atoms with Crippen molar-refractivity contribution in [1.82, 2.24) is 10.2 Å². The van der Waals surface area contributed by atoms with Crippen molar-refractivity contribution in [3.63, 3.8) is 0 Å². The van der Waals surface area contributed by atoms with Crippen LogP contribution in [0.3, 0.4) is 0 Å². The first-order chi connectivity index (χ1) is 15.8. The first-order valence-corrected chi connectivity index (χ1v) is 11.8. The van der Waals surface area contributed by atoms with Crippen LogP contribution in [0.25, 0.3) is 0 Å². The van der Waals surface area contributed by atoms with Gasteiger partial charge in [0.15, 0.2) is 0 Å². The molecule has 1 amide bonds. The minimum absolute atomic E-state index is 0.0915. The van der Waals surface area contributed by atoms with Gasteiger partial charge in [-0.25, -0.2) is 9.59 Å². The van der Waals surface area contributed by atoms with E-state index in [1.54, 1.807) is 0 Å². The maximum atomic E-state index is 12.8. The normalized spacial score (nSPS) is 24.5. The third kappa shape index (κ3) is 5.42. The van der Waals surface area contributed by atoms with Crippen LogP contribution >= 0.6 is 0 Å². The van der Waals surface area contributed by atoms with Crippen LogP contribution in [0.15, 0.2) is 30.3 Å². The van der Waals surface area contributed by atoms with Crippen molar-refractivity contribution in [2.75, 3.05) is 6.54 Å². The van der Waals surface area contributed by atoms with Gasteiger partial charge >= 0.3 is 11.9 Å². The molecule has 9 nitrogen and oxygen atoms in total. The van der Waals surface area contributed by atoms with Gasteiger partial charge in [0, 0.05) is 13.0 Å². The van der Waals surface area contributed by atoms with Gasteiger partial charge in [-0.2, -0.15) is 0 Å². The Labute approximate surface area is 199 Å². The van der Waals surface area contributed by atoms with Crippen molar-refractivity contribution in [2.45, 2.75) is 88.6 Å². The van der Waals surface area contributed by atoms with Gasteiger partial charge in [0.05, 0.1) is 12.1 Å². The van der Waals surface area contributed by atoms with Gasteiger partial charge in [-0.15, -0.1) is 0 Å². The highest BCUT2D eigenvalue weighted by atomic mass is 16.4. The molecule has 4 atom stereocenters. The standard InChI is InChI=1S/C25H36N2O7/c1-16(20(29)27-11-7-10-19(27)21(30)31)26-25(34,22(32)33)13-18(28)12-24(14-23(2,3)15-24)17-8-5-4-6-9-17/h4-6,8-9,16,18-19,26,28,34H,7,10-15H2,1-3H3,(H,30,31)(H,32,33)/t16-,18?,19-,25?/m0/s1. The van der Waals surface area contributed by atoms with Crippen LogP contribution in [0.4, 0.5) is 0 Å². The lowest BCUT2D eigenvalue weighted by atomic mass is 9.50. The third-order valence-electron chi connectivity index (χ3n) is 7.18. The van der Waals surface area contributed by atoms with E-state index in [2.05, 4.69) is 19.2 Å². The molecule has 9 heteroatoms. The molecule has 2 unspecified atom stereocenters. The molecule has 1 aromatic carbocycles. The number of carboxylic acids is 2. The predicted molar refractivity (Wildman–Crippen MR) is 124 cm³/mol. The fourth-order valence-corrected chi connectivity index (χ4v) is 6.07. The Hall–Kier alpha value is -2.49. The summed E-state index contributed by atoms with van der Waals surface area (Å²) in [7, 11) is 0. The largest absolute Gasteiger partial charge is 0.480 e. The number of carbonyl (C=O) groups is 3. The molecule has 0 spiro atoms. The molecule has 5 N–H and O–H groups in total. The Kier molecular flexibility index (Phi) is 7.40. The van der Waals surface area contributed by atoms with E-state index in [0.717, 1.165) is 18.4 Å². The lowest BCUT2D eigenvalue weighted by Crippen LogP contribution is -2.61. The summed E-state index contributed by atoms with van der Waals surface area (Å²) in [5.41, 5.74) is -1.72. The molecule has 2 aliphatic rings. The van der Waals surface area contributed by atoms with Gasteiger partial charge < -0.3 is 25.3 Å². The summed E-state index contributed by atoms with van der Waals surface area (Å²) in [5.74, 6) is -3.32. The summed E-state index contributed by atoms with van der Waals surface area (Å²) >= 11 is 0. The number of hydrogen-bond donors (Lipinski definition) is 5. The molecule has 1 saturated carbocycles. The molecule has 0 bridgehead atoms. The number of aliphatic hydroxyl groups excluding tert-OH is 1. The van der Waals surface area contributed by atoms with Crippen molar-refractivity contribution in [3.05, 3.63) is 35.9 Å². The van der Waals surface area contributed by atoms with Crippen LogP contribution in [0.1, 0.15) is 64.9 Å². The average molecular weight is 477 g/mol. The molecule has 1 aliphatic heterocycles. The maximum Gasteiger partial charge on any atom is 0.351 e. The number of aliphatic hydroxyl groups is 2. The van der Waals surface area contributed by atoms with Crippen molar-refractivity contribution in [2.24, 2.45) is 5.41 Å². The summed E-state index contributed by atoms with van der Waals surface area (Å²) in [6.07, 6.45) is 1.11. The lowest BCUT2D eigenvalue weighted by molar-refractivity contribution is -0.170. The second-order valence-corrected chi connectivity index (χ2v) is 10.8. The first-order valence-electron chi connectivity index (χ1n) is 11.8. The van der Waals surface area contributed by atoms with Crippen molar-refractivity contribution in [1.29, 1.82) is 0 Å². The Morgan fingerprint density at radius 3 is 2.32 bits per heavy atom. The smallest absolute Gasteiger partial charge is 0.351 e. The Morgan fingerprint density at radius 2 is 1.79 bits per heavy atom. The van der Waals surface area contributed by atoms with E-state index in [0.29, 0.717) is 12.8 Å². The van der Waals surface area contributed by atoms with E-state index >= 15 is 0 Å². The zero-order valence-electron chi connectivity index (χ0n) is 20.0. The molecule has 0 aromatic heterocycles. The van der Waals surface area contributed by atoms with Crippen molar-refractivity contribution < 1.29 is 34.8 Å². The highest BCUT2D eigenvalue weighted by Crippen LogP contribution is 2.57. The Bertz CT molecular complexity index is 911. The number of nitrogens with one attached hydrogen (secondary N) is 1. The minimum Gasteiger partial charge on any atom is -0.480 e. The molecular formula is C25H36N2O7. The van der Waals surface area contributed by atoms with E-state index in [-0.39, 0.29) is 23.8 Å². The van der Waals surface area contributed by atoms with Crippen LogP contribution in [-0.4, -0.2) is 73.6 Å². The lowest BCUT2D eigenvalue weighted by Gasteiger charge is -2.55. The quantitative estimate of drug-likeness (QED) is 0.321. The molecule has 0 radical (unpaired) electrons. The first kappa shape index (κ1) is 26.1. The number of nitrogens with zero attached hydrogens (tertiary/aromatic N) is 1. The fraction of sp³-hybridized carbons (Fsp3) is 0.640. The molecule has 1 aromatic rings. The molecule has 1 aliphatic carbocycles.